The van der Waals surface area contributed by atoms with Gasteiger partial charge in [-0.15, -0.1) is 0 Å². The van der Waals surface area contributed by atoms with Crippen LogP contribution >= 0.6 is 11.6 Å². The first-order chi connectivity index (χ1) is 13.1. The molecular formula is C21H24ClN3O2. The number of carbonyl (C=O) groups excluding carboxylic acids is 2. The molecule has 0 radical (unpaired) electrons. The molecule has 5 nitrogen and oxygen atoms in total. The first kappa shape index (κ1) is 19.2. The van der Waals surface area contributed by atoms with Crippen LogP contribution < -0.4 is 15.5 Å². The maximum atomic E-state index is 12.6. The molecule has 0 bridgehead atoms. The van der Waals surface area contributed by atoms with Crippen LogP contribution in [-0.4, -0.2) is 24.9 Å². The van der Waals surface area contributed by atoms with Gasteiger partial charge in [0.05, 0.1) is 17.3 Å². The number of benzene rings is 2. The summed E-state index contributed by atoms with van der Waals surface area (Å²) in [5.41, 5.74) is 3.51. The Morgan fingerprint density at radius 3 is 2.74 bits per heavy atom. The molecular weight excluding hydrogens is 362 g/mol. The Hall–Kier alpha value is -2.53. The zero-order valence-electron chi connectivity index (χ0n) is 15.4. The molecule has 0 saturated carbocycles. The first-order valence-electron chi connectivity index (χ1n) is 9.29. The highest BCUT2D eigenvalue weighted by atomic mass is 35.5. The summed E-state index contributed by atoms with van der Waals surface area (Å²) >= 11 is 6.22. The van der Waals surface area contributed by atoms with Crippen LogP contribution in [0, 0.1) is 0 Å². The lowest BCUT2D eigenvalue weighted by atomic mass is 10.0. The van der Waals surface area contributed by atoms with Crippen molar-refractivity contribution in [1.29, 1.82) is 0 Å². The van der Waals surface area contributed by atoms with Gasteiger partial charge in [-0.05, 0) is 49.1 Å². The molecule has 2 aromatic carbocycles. The van der Waals surface area contributed by atoms with E-state index < -0.39 is 0 Å². The van der Waals surface area contributed by atoms with E-state index in [2.05, 4.69) is 27.7 Å². The number of anilines is 3. The topological polar surface area (TPSA) is 61.4 Å². The molecule has 1 heterocycles. The third-order valence-electron chi connectivity index (χ3n) is 4.54. The Morgan fingerprint density at radius 1 is 1.11 bits per heavy atom. The normalized spacial score (nSPS) is 13.0. The van der Waals surface area contributed by atoms with Gasteiger partial charge in [-0.1, -0.05) is 36.7 Å². The minimum atomic E-state index is -0.134. The molecule has 2 N–H and O–H groups in total. The molecule has 142 valence electrons. The molecule has 6 heteroatoms. The summed E-state index contributed by atoms with van der Waals surface area (Å²) in [4.78, 5) is 26.4. The number of nitrogens with zero attached hydrogens (tertiary/aromatic N) is 1. The van der Waals surface area contributed by atoms with Gasteiger partial charge < -0.3 is 15.5 Å². The number of para-hydroxylation sites is 1. The number of rotatable bonds is 6. The standard InChI is InChI=1S/C21H24ClN3O2/c1-2-6-20(26)23-16-10-11-17(22)18(13-16)24-21(27)14-25-12-5-8-15-7-3-4-9-19(15)25/h3-4,7,9-11,13H,2,5-6,8,12,14H2,1H3,(H,23,26)(H,24,27). The quantitative estimate of drug-likeness (QED) is 0.771. The van der Waals surface area contributed by atoms with E-state index in [4.69, 9.17) is 11.6 Å². The minimum absolute atomic E-state index is 0.0537. The number of hydrogen-bond donors (Lipinski definition) is 2. The van der Waals surface area contributed by atoms with Gasteiger partial charge in [-0.2, -0.15) is 0 Å². The number of nitrogens with one attached hydrogen (secondary N) is 2. The summed E-state index contributed by atoms with van der Waals surface area (Å²) in [6, 6.07) is 13.3. The average Bonchev–Trinajstić information content (AvgIpc) is 2.65. The number of aryl methyl sites for hydroxylation is 1. The maximum absolute atomic E-state index is 12.6. The summed E-state index contributed by atoms with van der Waals surface area (Å²) in [6.07, 6.45) is 3.31. The lowest BCUT2D eigenvalue weighted by molar-refractivity contribution is -0.116. The Balaban J connectivity index is 1.67. The molecule has 3 rings (SSSR count). The molecule has 0 atom stereocenters. The lowest BCUT2D eigenvalue weighted by Crippen LogP contribution is -2.36. The highest BCUT2D eigenvalue weighted by Crippen LogP contribution is 2.28. The van der Waals surface area contributed by atoms with Crippen molar-refractivity contribution in [1.82, 2.24) is 0 Å². The van der Waals surface area contributed by atoms with Crippen molar-refractivity contribution in [2.45, 2.75) is 32.6 Å². The number of fused-ring (bicyclic) bond motifs is 1. The molecule has 2 amide bonds. The number of halogens is 1. The third kappa shape index (κ3) is 5.01. The molecule has 1 aliphatic rings. The van der Waals surface area contributed by atoms with E-state index in [-0.39, 0.29) is 18.4 Å². The lowest BCUT2D eigenvalue weighted by Gasteiger charge is -2.30. The van der Waals surface area contributed by atoms with Gasteiger partial charge in [0.1, 0.15) is 0 Å². The van der Waals surface area contributed by atoms with Crippen molar-refractivity contribution in [3.8, 4) is 0 Å². The Kier molecular flexibility index (Phi) is 6.35. The van der Waals surface area contributed by atoms with Crippen LogP contribution in [-0.2, 0) is 16.0 Å². The number of carbonyl (C=O) groups is 2. The number of amides is 2. The molecule has 0 fully saturated rings. The van der Waals surface area contributed by atoms with Crippen molar-refractivity contribution >= 4 is 40.5 Å². The maximum Gasteiger partial charge on any atom is 0.243 e. The van der Waals surface area contributed by atoms with Gasteiger partial charge in [-0.25, -0.2) is 0 Å². The van der Waals surface area contributed by atoms with Crippen LogP contribution in [0.1, 0.15) is 31.7 Å². The monoisotopic (exact) mass is 385 g/mol. The summed E-state index contributed by atoms with van der Waals surface area (Å²) in [7, 11) is 0. The van der Waals surface area contributed by atoms with Crippen LogP contribution in [0.3, 0.4) is 0 Å². The highest BCUT2D eigenvalue weighted by Gasteiger charge is 2.19. The Bertz CT molecular complexity index is 838. The van der Waals surface area contributed by atoms with E-state index in [1.54, 1.807) is 18.2 Å². The van der Waals surface area contributed by atoms with E-state index in [1.807, 2.05) is 19.1 Å². The molecule has 2 aromatic rings. The van der Waals surface area contributed by atoms with Crippen molar-refractivity contribution in [2.24, 2.45) is 0 Å². The highest BCUT2D eigenvalue weighted by molar-refractivity contribution is 6.33. The summed E-state index contributed by atoms with van der Waals surface area (Å²) < 4.78 is 0. The van der Waals surface area contributed by atoms with Gasteiger partial charge in [-0.3, -0.25) is 9.59 Å². The van der Waals surface area contributed by atoms with E-state index in [9.17, 15) is 9.59 Å². The van der Waals surface area contributed by atoms with Crippen LogP contribution in [0.25, 0.3) is 0 Å². The molecule has 0 aromatic heterocycles. The molecule has 27 heavy (non-hydrogen) atoms. The van der Waals surface area contributed by atoms with Gasteiger partial charge in [0.15, 0.2) is 0 Å². The van der Waals surface area contributed by atoms with E-state index in [1.165, 1.54) is 5.56 Å². The fourth-order valence-electron chi connectivity index (χ4n) is 3.29. The molecule has 0 unspecified atom stereocenters. The van der Waals surface area contributed by atoms with Crippen molar-refractivity contribution in [2.75, 3.05) is 28.6 Å². The summed E-state index contributed by atoms with van der Waals surface area (Å²) in [6.45, 7) is 3.07. The van der Waals surface area contributed by atoms with Gasteiger partial charge in [0.2, 0.25) is 11.8 Å². The number of hydrogen-bond acceptors (Lipinski definition) is 3. The van der Waals surface area contributed by atoms with Gasteiger partial charge >= 0.3 is 0 Å². The molecule has 1 aliphatic heterocycles. The van der Waals surface area contributed by atoms with E-state index in [0.29, 0.717) is 22.8 Å². The van der Waals surface area contributed by atoms with Crippen LogP contribution in [0.5, 0.6) is 0 Å². The van der Waals surface area contributed by atoms with E-state index in [0.717, 1.165) is 31.5 Å². The molecule has 0 aliphatic carbocycles. The largest absolute Gasteiger partial charge is 0.362 e. The second-order valence-corrected chi connectivity index (χ2v) is 7.10. The Labute approximate surface area is 164 Å². The molecule has 0 saturated heterocycles. The fourth-order valence-corrected chi connectivity index (χ4v) is 3.45. The van der Waals surface area contributed by atoms with Gasteiger partial charge in [0.25, 0.3) is 0 Å². The van der Waals surface area contributed by atoms with Crippen molar-refractivity contribution in [3.05, 3.63) is 53.1 Å². The first-order valence-corrected chi connectivity index (χ1v) is 9.66. The van der Waals surface area contributed by atoms with Crippen molar-refractivity contribution in [3.63, 3.8) is 0 Å². The average molecular weight is 386 g/mol. The Morgan fingerprint density at radius 2 is 1.93 bits per heavy atom. The predicted molar refractivity (Wildman–Crippen MR) is 111 cm³/mol. The van der Waals surface area contributed by atoms with Gasteiger partial charge in [0, 0.05) is 24.3 Å². The zero-order valence-corrected chi connectivity index (χ0v) is 16.2. The smallest absolute Gasteiger partial charge is 0.243 e. The van der Waals surface area contributed by atoms with Crippen molar-refractivity contribution < 1.29 is 9.59 Å². The zero-order chi connectivity index (χ0) is 19.2. The summed E-state index contributed by atoms with van der Waals surface area (Å²) in [5, 5.41) is 6.13. The summed E-state index contributed by atoms with van der Waals surface area (Å²) in [5.74, 6) is -0.187. The second-order valence-electron chi connectivity index (χ2n) is 6.69. The van der Waals surface area contributed by atoms with E-state index >= 15 is 0 Å². The van der Waals surface area contributed by atoms with Crippen LogP contribution in [0.2, 0.25) is 5.02 Å². The van der Waals surface area contributed by atoms with Crippen LogP contribution in [0.15, 0.2) is 42.5 Å². The SMILES string of the molecule is CCCC(=O)Nc1ccc(Cl)c(NC(=O)CN2CCCc3ccccc32)c1. The third-order valence-corrected chi connectivity index (χ3v) is 4.87. The minimum Gasteiger partial charge on any atom is -0.362 e. The van der Waals surface area contributed by atoms with Crippen LogP contribution in [0.4, 0.5) is 17.1 Å². The fraction of sp³-hybridized carbons (Fsp3) is 0.333. The second kappa shape index (κ2) is 8.91. The predicted octanol–water partition coefficient (Wildman–Crippen LogP) is 4.47. The molecule has 0 spiro atoms.